The molecule has 1 unspecified atom stereocenters. The van der Waals surface area contributed by atoms with Gasteiger partial charge in [-0.05, 0) is 58.3 Å². The molecule has 0 bridgehead atoms. The van der Waals surface area contributed by atoms with Crippen molar-refractivity contribution in [3.8, 4) is 0 Å². The van der Waals surface area contributed by atoms with E-state index in [2.05, 4.69) is 23.9 Å². The summed E-state index contributed by atoms with van der Waals surface area (Å²) in [5.74, 6) is 0. The summed E-state index contributed by atoms with van der Waals surface area (Å²) in [7, 11) is 4.50. The zero-order valence-corrected chi connectivity index (χ0v) is 10.2. The predicted molar refractivity (Wildman–Crippen MR) is 63.9 cm³/mol. The molecule has 2 rings (SSSR count). The highest BCUT2D eigenvalue weighted by Crippen LogP contribution is 2.44. The van der Waals surface area contributed by atoms with Gasteiger partial charge in [0.1, 0.15) is 0 Å². The van der Waals surface area contributed by atoms with Gasteiger partial charge in [0.25, 0.3) is 0 Å². The molecule has 1 aliphatic heterocycles. The van der Waals surface area contributed by atoms with E-state index in [1.807, 2.05) is 0 Å². The minimum atomic E-state index is 0.492. The van der Waals surface area contributed by atoms with Crippen LogP contribution in [0.5, 0.6) is 0 Å². The third-order valence-corrected chi connectivity index (χ3v) is 4.19. The van der Waals surface area contributed by atoms with Crippen LogP contribution in [0.15, 0.2) is 0 Å². The SMILES string of the molecule is CN(CC1CCCN1C)CC1(CN)CC1. The Bertz CT molecular complexity index is 213. The van der Waals surface area contributed by atoms with Crippen molar-refractivity contribution >= 4 is 0 Å². The number of likely N-dealkylation sites (N-methyl/N-ethyl adjacent to an activating group) is 2. The molecule has 3 heteroatoms. The van der Waals surface area contributed by atoms with Crippen LogP contribution >= 0.6 is 0 Å². The topological polar surface area (TPSA) is 32.5 Å². The Morgan fingerprint density at radius 1 is 1.47 bits per heavy atom. The average molecular weight is 211 g/mol. The molecule has 0 aromatic rings. The van der Waals surface area contributed by atoms with Gasteiger partial charge in [-0.1, -0.05) is 0 Å². The maximum atomic E-state index is 5.82. The summed E-state index contributed by atoms with van der Waals surface area (Å²) in [6.45, 7) is 4.57. The highest BCUT2D eigenvalue weighted by molar-refractivity contribution is 4.96. The number of hydrogen-bond donors (Lipinski definition) is 1. The Morgan fingerprint density at radius 3 is 2.67 bits per heavy atom. The fourth-order valence-corrected chi connectivity index (χ4v) is 2.81. The van der Waals surface area contributed by atoms with Crippen molar-refractivity contribution in [1.82, 2.24) is 9.80 Å². The molecule has 3 nitrogen and oxygen atoms in total. The molecule has 0 aromatic heterocycles. The maximum Gasteiger partial charge on any atom is 0.0220 e. The fraction of sp³-hybridized carbons (Fsp3) is 1.00. The second-order valence-electron chi connectivity index (χ2n) is 5.68. The number of hydrogen-bond acceptors (Lipinski definition) is 3. The van der Waals surface area contributed by atoms with Crippen molar-refractivity contribution in [1.29, 1.82) is 0 Å². The average Bonchev–Trinajstić information content (AvgIpc) is 2.86. The third-order valence-electron chi connectivity index (χ3n) is 4.19. The van der Waals surface area contributed by atoms with Gasteiger partial charge in [-0.2, -0.15) is 0 Å². The summed E-state index contributed by atoms with van der Waals surface area (Å²) in [5, 5.41) is 0. The van der Waals surface area contributed by atoms with E-state index in [4.69, 9.17) is 5.73 Å². The Labute approximate surface area is 93.6 Å². The molecule has 1 aliphatic carbocycles. The minimum absolute atomic E-state index is 0.492. The van der Waals surface area contributed by atoms with Gasteiger partial charge in [-0.15, -0.1) is 0 Å². The Hall–Kier alpha value is -0.120. The summed E-state index contributed by atoms with van der Waals surface area (Å²) in [4.78, 5) is 4.99. The van der Waals surface area contributed by atoms with Crippen LogP contribution in [0.2, 0.25) is 0 Å². The molecule has 0 amide bonds. The molecule has 0 spiro atoms. The quantitative estimate of drug-likeness (QED) is 0.728. The molecular weight excluding hydrogens is 186 g/mol. The molecule has 1 atom stereocenters. The van der Waals surface area contributed by atoms with E-state index in [0.29, 0.717) is 5.41 Å². The van der Waals surface area contributed by atoms with Crippen molar-refractivity contribution in [2.24, 2.45) is 11.1 Å². The third kappa shape index (κ3) is 2.71. The molecule has 0 radical (unpaired) electrons. The molecule has 0 aromatic carbocycles. The number of rotatable bonds is 5. The van der Waals surface area contributed by atoms with Crippen molar-refractivity contribution < 1.29 is 0 Å². The van der Waals surface area contributed by atoms with Crippen molar-refractivity contribution in [2.45, 2.75) is 31.7 Å². The molecule has 2 fully saturated rings. The first kappa shape index (κ1) is 11.4. The first-order chi connectivity index (χ1) is 7.15. The van der Waals surface area contributed by atoms with Gasteiger partial charge < -0.3 is 15.5 Å². The molecule has 88 valence electrons. The summed E-state index contributed by atoms with van der Waals surface area (Å²) in [6.07, 6.45) is 5.43. The van der Waals surface area contributed by atoms with E-state index >= 15 is 0 Å². The summed E-state index contributed by atoms with van der Waals surface area (Å²) >= 11 is 0. The van der Waals surface area contributed by atoms with Gasteiger partial charge in [-0.25, -0.2) is 0 Å². The van der Waals surface area contributed by atoms with Gasteiger partial charge in [-0.3, -0.25) is 0 Å². The molecular formula is C12H25N3. The van der Waals surface area contributed by atoms with Gasteiger partial charge in [0.05, 0.1) is 0 Å². The van der Waals surface area contributed by atoms with E-state index in [0.717, 1.165) is 12.6 Å². The van der Waals surface area contributed by atoms with E-state index in [1.165, 1.54) is 45.3 Å². The highest BCUT2D eigenvalue weighted by atomic mass is 15.2. The molecule has 1 heterocycles. The van der Waals surface area contributed by atoms with Crippen molar-refractivity contribution in [3.63, 3.8) is 0 Å². The van der Waals surface area contributed by atoms with Gasteiger partial charge in [0.15, 0.2) is 0 Å². The van der Waals surface area contributed by atoms with Crippen LogP contribution in [0.3, 0.4) is 0 Å². The van der Waals surface area contributed by atoms with Crippen molar-refractivity contribution in [2.75, 3.05) is 40.3 Å². The summed E-state index contributed by atoms with van der Waals surface area (Å²) in [6, 6.07) is 0.781. The van der Waals surface area contributed by atoms with Crippen LogP contribution in [0.25, 0.3) is 0 Å². The van der Waals surface area contributed by atoms with Crippen molar-refractivity contribution in [3.05, 3.63) is 0 Å². The van der Waals surface area contributed by atoms with Crippen LogP contribution < -0.4 is 5.73 Å². The first-order valence-electron chi connectivity index (χ1n) is 6.24. The molecule has 15 heavy (non-hydrogen) atoms. The molecule has 1 saturated heterocycles. The fourth-order valence-electron chi connectivity index (χ4n) is 2.81. The lowest BCUT2D eigenvalue weighted by molar-refractivity contribution is 0.194. The predicted octanol–water partition coefficient (Wildman–Crippen LogP) is 0.751. The minimum Gasteiger partial charge on any atom is -0.330 e. The summed E-state index contributed by atoms with van der Waals surface area (Å²) < 4.78 is 0. The lowest BCUT2D eigenvalue weighted by Crippen LogP contribution is -2.40. The van der Waals surface area contributed by atoms with Gasteiger partial charge in [0.2, 0.25) is 0 Å². The van der Waals surface area contributed by atoms with Gasteiger partial charge >= 0.3 is 0 Å². The Kier molecular flexibility index (Phi) is 3.33. The van der Waals surface area contributed by atoms with Crippen LogP contribution in [-0.2, 0) is 0 Å². The monoisotopic (exact) mass is 211 g/mol. The Morgan fingerprint density at radius 2 is 2.20 bits per heavy atom. The van der Waals surface area contributed by atoms with E-state index in [1.54, 1.807) is 0 Å². The number of nitrogens with zero attached hydrogens (tertiary/aromatic N) is 2. The van der Waals surface area contributed by atoms with Crippen LogP contribution in [-0.4, -0.2) is 56.1 Å². The second kappa shape index (κ2) is 4.40. The zero-order chi connectivity index (χ0) is 10.9. The van der Waals surface area contributed by atoms with E-state index < -0.39 is 0 Å². The Balaban J connectivity index is 1.74. The van der Waals surface area contributed by atoms with Crippen LogP contribution in [0, 0.1) is 5.41 Å². The normalized spacial score (nSPS) is 30.0. The lowest BCUT2D eigenvalue weighted by atomic mass is 10.1. The maximum absolute atomic E-state index is 5.82. The lowest BCUT2D eigenvalue weighted by Gasteiger charge is -2.28. The second-order valence-corrected chi connectivity index (χ2v) is 5.68. The van der Waals surface area contributed by atoms with Gasteiger partial charge in [0, 0.05) is 19.1 Å². The largest absolute Gasteiger partial charge is 0.330 e. The van der Waals surface area contributed by atoms with E-state index in [9.17, 15) is 0 Å². The number of nitrogens with two attached hydrogens (primary N) is 1. The zero-order valence-electron chi connectivity index (χ0n) is 10.2. The number of likely N-dealkylation sites (tertiary alicyclic amines) is 1. The summed E-state index contributed by atoms with van der Waals surface area (Å²) in [5.41, 5.74) is 6.31. The van der Waals surface area contributed by atoms with Crippen LogP contribution in [0.4, 0.5) is 0 Å². The smallest absolute Gasteiger partial charge is 0.0220 e. The van der Waals surface area contributed by atoms with E-state index in [-0.39, 0.29) is 0 Å². The molecule has 2 N–H and O–H groups in total. The molecule has 2 aliphatic rings. The van der Waals surface area contributed by atoms with Crippen LogP contribution in [0.1, 0.15) is 25.7 Å². The first-order valence-corrected chi connectivity index (χ1v) is 6.24. The molecule has 1 saturated carbocycles. The standard InChI is InChI=1S/C12H25N3/c1-14(10-12(9-13)5-6-12)8-11-4-3-7-15(11)2/h11H,3-10,13H2,1-2H3. The highest BCUT2D eigenvalue weighted by Gasteiger charge is 2.42.